The summed E-state index contributed by atoms with van der Waals surface area (Å²) in [6, 6.07) is 11.2. The molecule has 186 valence electrons. The molecule has 1 spiro atoms. The predicted molar refractivity (Wildman–Crippen MR) is 141 cm³/mol. The third kappa shape index (κ3) is 5.39. The van der Waals surface area contributed by atoms with Crippen molar-refractivity contribution < 1.29 is 9.59 Å². The molecule has 8 nitrogen and oxygen atoms in total. The van der Waals surface area contributed by atoms with Crippen molar-refractivity contribution in [2.45, 2.75) is 29.4 Å². The largest absolute Gasteiger partial charge is 0.341 e. The average Bonchev–Trinajstić information content (AvgIpc) is 3.36. The topological polar surface area (TPSA) is 92.2 Å². The van der Waals surface area contributed by atoms with Gasteiger partial charge in [-0.15, -0.1) is 11.8 Å². The van der Waals surface area contributed by atoms with Crippen LogP contribution in [0.1, 0.15) is 29.6 Å². The number of thioether (sulfide) groups is 2. The fourth-order valence-corrected chi connectivity index (χ4v) is 6.19. The molecule has 36 heavy (non-hydrogen) atoms. The smallest absolute Gasteiger partial charge is 0.256 e. The van der Waals surface area contributed by atoms with Gasteiger partial charge < -0.3 is 9.80 Å². The van der Waals surface area contributed by atoms with Gasteiger partial charge in [0.2, 0.25) is 5.91 Å². The fourth-order valence-electron chi connectivity index (χ4n) is 4.91. The summed E-state index contributed by atoms with van der Waals surface area (Å²) in [6.07, 6.45) is 9.92. The monoisotopic (exact) mass is 520 g/mol. The molecule has 10 heteroatoms. The Labute approximate surface area is 219 Å². The molecular weight excluding hydrogens is 492 g/mol. The van der Waals surface area contributed by atoms with Crippen LogP contribution >= 0.6 is 23.5 Å². The molecule has 2 aliphatic heterocycles. The molecule has 2 amide bonds. The van der Waals surface area contributed by atoms with E-state index in [2.05, 4.69) is 19.9 Å². The maximum Gasteiger partial charge on any atom is 0.256 e. The molecule has 2 saturated heterocycles. The Bertz CT molecular complexity index is 1230. The number of carbonyl (C=O) groups excluding carboxylic acids is 2. The van der Waals surface area contributed by atoms with Crippen molar-refractivity contribution >= 4 is 35.3 Å². The highest BCUT2D eigenvalue weighted by atomic mass is 32.2. The lowest BCUT2D eigenvalue weighted by molar-refractivity contribution is -0.127. The Morgan fingerprint density at radius 1 is 0.889 bits per heavy atom. The molecule has 0 N–H and O–H groups in total. The standard InChI is InChI=1S/C26H28N6O2S2/c1-35-23-19(5-4-12-28-23)24(34)31-14-8-26(9-15-31)10-16-32(18-26)22(33)17-36-25-29-13-7-21(30-25)20-6-2-3-11-27-20/h2-7,11-13H,8-10,14-18H2,1H3. The van der Waals surface area contributed by atoms with E-state index < -0.39 is 0 Å². The summed E-state index contributed by atoms with van der Waals surface area (Å²) in [7, 11) is 0. The van der Waals surface area contributed by atoms with Crippen molar-refractivity contribution in [3.05, 3.63) is 60.6 Å². The Morgan fingerprint density at radius 3 is 2.42 bits per heavy atom. The van der Waals surface area contributed by atoms with Gasteiger partial charge in [0.05, 0.1) is 22.7 Å². The van der Waals surface area contributed by atoms with Crippen molar-refractivity contribution in [1.82, 2.24) is 29.7 Å². The highest BCUT2D eigenvalue weighted by Crippen LogP contribution is 2.41. The number of rotatable bonds is 6. The van der Waals surface area contributed by atoms with Crippen LogP contribution in [0.3, 0.4) is 0 Å². The van der Waals surface area contributed by atoms with E-state index in [1.165, 1.54) is 23.5 Å². The summed E-state index contributed by atoms with van der Waals surface area (Å²) in [6.45, 7) is 2.95. The summed E-state index contributed by atoms with van der Waals surface area (Å²) in [4.78, 5) is 47.5. The van der Waals surface area contributed by atoms with Crippen LogP contribution < -0.4 is 0 Å². The number of nitrogens with zero attached hydrogens (tertiary/aromatic N) is 6. The van der Waals surface area contributed by atoms with Crippen LogP contribution in [0.2, 0.25) is 0 Å². The van der Waals surface area contributed by atoms with Gasteiger partial charge in [0.15, 0.2) is 5.16 Å². The molecule has 3 aromatic rings. The molecule has 5 rings (SSSR count). The molecule has 2 aliphatic rings. The summed E-state index contributed by atoms with van der Waals surface area (Å²) in [5, 5.41) is 1.35. The zero-order valence-electron chi connectivity index (χ0n) is 20.2. The maximum absolute atomic E-state index is 13.1. The molecular formula is C26H28N6O2S2. The van der Waals surface area contributed by atoms with Crippen molar-refractivity contribution in [3.63, 3.8) is 0 Å². The second-order valence-corrected chi connectivity index (χ2v) is 10.9. The maximum atomic E-state index is 13.1. The molecule has 3 aromatic heterocycles. The first kappa shape index (κ1) is 24.7. The molecule has 0 aromatic carbocycles. The number of carbonyl (C=O) groups is 2. The van der Waals surface area contributed by atoms with E-state index in [1.807, 2.05) is 52.5 Å². The molecule has 0 aliphatic carbocycles. The summed E-state index contributed by atoms with van der Waals surface area (Å²) in [5.74, 6) is 0.477. The van der Waals surface area contributed by atoms with Crippen LogP contribution in [0.4, 0.5) is 0 Å². The minimum Gasteiger partial charge on any atom is -0.341 e. The number of amides is 2. The third-order valence-electron chi connectivity index (χ3n) is 6.98. The van der Waals surface area contributed by atoms with Crippen molar-refractivity contribution in [2.75, 3.05) is 38.2 Å². The highest BCUT2D eigenvalue weighted by molar-refractivity contribution is 7.99. The van der Waals surface area contributed by atoms with E-state index >= 15 is 0 Å². The zero-order valence-corrected chi connectivity index (χ0v) is 21.8. The van der Waals surface area contributed by atoms with Gasteiger partial charge in [-0.1, -0.05) is 17.8 Å². The van der Waals surface area contributed by atoms with Gasteiger partial charge in [0.1, 0.15) is 5.03 Å². The lowest BCUT2D eigenvalue weighted by atomic mass is 9.77. The second kappa shape index (κ2) is 11.0. The normalized spacial score (nSPS) is 16.9. The average molecular weight is 521 g/mol. The lowest BCUT2D eigenvalue weighted by Crippen LogP contribution is -2.45. The number of aromatic nitrogens is 4. The van der Waals surface area contributed by atoms with E-state index in [4.69, 9.17) is 0 Å². The molecule has 0 saturated carbocycles. The van der Waals surface area contributed by atoms with Crippen LogP contribution in [-0.4, -0.2) is 79.7 Å². The summed E-state index contributed by atoms with van der Waals surface area (Å²) >= 11 is 2.86. The molecule has 0 radical (unpaired) electrons. The van der Waals surface area contributed by atoms with E-state index in [1.54, 1.807) is 18.6 Å². The molecule has 0 unspecified atom stereocenters. The van der Waals surface area contributed by atoms with Gasteiger partial charge >= 0.3 is 0 Å². The highest BCUT2D eigenvalue weighted by Gasteiger charge is 2.42. The van der Waals surface area contributed by atoms with Crippen molar-refractivity contribution in [2.24, 2.45) is 5.41 Å². The SMILES string of the molecule is CSc1ncccc1C(=O)N1CCC2(CCN(C(=O)CSc3nccc(-c4ccccn4)n3)C2)CC1. The van der Waals surface area contributed by atoms with E-state index in [-0.39, 0.29) is 17.2 Å². The van der Waals surface area contributed by atoms with E-state index in [0.717, 1.165) is 48.8 Å². The first-order valence-corrected chi connectivity index (χ1v) is 14.2. The quantitative estimate of drug-likeness (QED) is 0.357. The Morgan fingerprint density at radius 2 is 1.67 bits per heavy atom. The first-order chi connectivity index (χ1) is 17.6. The van der Waals surface area contributed by atoms with Gasteiger partial charge in [-0.05, 0) is 61.3 Å². The van der Waals surface area contributed by atoms with Crippen LogP contribution in [0, 0.1) is 5.41 Å². The molecule has 0 bridgehead atoms. The number of pyridine rings is 2. The van der Waals surface area contributed by atoms with Crippen LogP contribution in [0.25, 0.3) is 11.4 Å². The Hall–Kier alpha value is -2.98. The summed E-state index contributed by atoms with van der Waals surface area (Å²) in [5.41, 5.74) is 2.31. The number of likely N-dealkylation sites (tertiary alicyclic amines) is 2. The fraction of sp³-hybridized carbons (Fsp3) is 0.385. The molecule has 2 fully saturated rings. The van der Waals surface area contributed by atoms with Gasteiger partial charge in [0, 0.05) is 44.8 Å². The Balaban J connectivity index is 1.14. The van der Waals surface area contributed by atoms with Crippen LogP contribution in [0.5, 0.6) is 0 Å². The number of hydrogen-bond donors (Lipinski definition) is 0. The van der Waals surface area contributed by atoms with Crippen LogP contribution in [-0.2, 0) is 4.79 Å². The third-order valence-corrected chi connectivity index (χ3v) is 8.54. The van der Waals surface area contributed by atoms with Gasteiger partial charge in [-0.2, -0.15) is 0 Å². The van der Waals surface area contributed by atoms with Crippen molar-refractivity contribution in [3.8, 4) is 11.4 Å². The van der Waals surface area contributed by atoms with E-state index in [9.17, 15) is 9.59 Å². The van der Waals surface area contributed by atoms with Crippen molar-refractivity contribution in [1.29, 1.82) is 0 Å². The predicted octanol–water partition coefficient (Wildman–Crippen LogP) is 3.90. The van der Waals surface area contributed by atoms with E-state index in [0.29, 0.717) is 29.6 Å². The Kier molecular flexibility index (Phi) is 7.52. The van der Waals surface area contributed by atoms with Gasteiger partial charge in [0.25, 0.3) is 5.91 Å². The molecule has 5 heterocycles. The van der Waals surface area contributed by atoms with Gasteiger partial charge in [-0.3, -0.25) is 14.6 Å². The molecule has 0 atom stereocenters. The van der Waals surface area contributed by atoms with Gasteiger partial charge in [-0.25, -0.2) is 15.0 Å². The number of piperidine rings is 1. The second-order valence-electron chi connectivity index (χ2n) is 9.15. The summed E-state index contributed by atoms with van der Waals surface area (Å²) < 4.78 is 0. The minimum atomic E-state index is 0.0533. The minimum absolute atomic E-state index is 0.0533. The first-order valence-electron chi connectivity index (χ1n) is 12.0. The lowest BCUT2D eigenvalue weighted by Gasteiger charge is -2.39. The zero-order chi connectivity index (χ0) is 25.0. The van der Waals surface area contributed by atoms with Crippen LogP contribution in [0.15, 0.2) is 65.2 Å². The number of hydrogen-bond acceptors (Lipinski definition) is 8.